The zero-order chi connectivity index (χ0) is 9.56. The molecule has 1 radical (unpaired) electrons. The second-order valence-corrected chi connectivity index (χ2v) is 3.91. The molecule has 1 nitrogen and oxygen atoms in total. The summed E-state index contributed by atoms with van der Waals surface area (Å²) in [6, 6.07) is 1.35. The van der Waals surface area contributed by atoms with Gasteiger partial charge in [0.1, 0.15) is 0 Å². The van der Waals surface area contributed by atoms with Crippen molar-refractivity contribution >= 4 is 0 Å². The molecule has 0 unspecified atom stereocenters. The highest BCUT2D eigenvalue weighted by Gasteiger charge is 2.11. The van der Waals surface area contributed by atoms with E-state index in [2.05, 4.69) is 45.9 Å². The SMILES string of the molecule is CC[CH]CCN(C(C)C)C(C)C. The molecule has 73 valence electrons. The fraction of sp³-hybridized carbons (Fsp3) is 0.909. The zero-order valence-electron chi connectivity index (χ0n) is 9.30. The molecule has 0 saturated heterocycles. The minimum Gasteiger partial charge on any atom is -0.299 e. The Bertz CT molecular complexity index is 89.2. The van der Waals surface area contributed by atoms with Gasteiger partial charge in [-0.2, -0.15) is 0 Å². The molecule has 1 heteroatoms. The third kappa shape index (κ3) is 4.76. The van der Waals surface area contributed by atoms with Gasteiger partial charge in [0.2, 0.25) is 0 Å². The molecule has 0 aliphatic carbocycles. The summed E-state index contributed by atoms with van der Waals surface area (Å²) in [5.74, 6) is 0. The largest absolute Gasteiger partial charge is 0.299 e. The Kier molecular flexibility index (Phi) is 6.45. The Balaban J connectivity index is 3.64. The molecular formula is C11H24N. The highest BCUT2D eigenvalue weighted by molar-refractivity contribution is 4.71. The van der Waals surface area contributed by atoms with Crippen LogP contribution in [0, 0.1) is 6.42 Å². The third-order valence-electron chi connectivity index (χ3n) is 2.21. The molecule has 0 fully saturated rings. The van der Waals surface area contributed by atoms with Gasteiger partial charge < -0.3 is 0 Å². The van der Waals surface area contributed by atoms with Gasteiger partial charge in [-0.3, -0.25) is 4.90 Å². The lowest BCUT2D eigenvalue weighted by atomic mass is 10.2. The molecule has 0 aromatic heterocycles. The summed E-state index contributed by atoms with van der Waals surface area (Å²) in [5, 5.41) is 0. The van der Waals surface area contributed by atoms with Crippen molar-refractivity contribution in [1.82, 2.24) is 4.90 Å². The van der Waals surface area contributed by atoms with Gasteiger partial charge in [-0.25, -0.2) is 0 Å². The minimum absolute atomic E-state index is 0.676. The van der Waals surface area contributed by atoms with Crippen LogP contribution in [-0.2, 0) is 0 Å². The lowest BCUT2D eigenvalue weighted by Crippen LogP contribution is -2.37. The maximum absolute atomic E-state index is 2.53. The summed E-state index contributed by atoms with van der Waals surface area (Å²) in [7, 11) is 0. The van der Waals surface area contributed by atoms with Crippen molar-refractivity contribution in [2.24, 2.45) is 0 Å². The molecule has 0 aliphatic rings. The van der Waals surface area contributed by atoms with E-state index in [0.717, 1.165) is 0 Å². The first-order chi connectivity index (χ1) is 5.59. The van der Waals surface area contributed by atoms with E-state index >= 15 is 0 Å². The number of hydrogen-bond donors (Lipinski definition) is 0. The summed E-state index contributed by atoms with van der Waals surface area (Å²) in [5.41, 5.74) is 0. The topological polar surface area (TPSA) is 3.24 Å². The fourth-order valence-electron chi connectivity index (χ4n) is 1.56. The van der Waals surface area contributed by atoms with Gasteiger partial charge in [0.25, 0.3) is 0 Å². The summed E-state index contributed by atoms with van der Waals surface area (Å²) < 4.78 is 0. The predicted molar refractivity (Wildman–Crippen MR) is 56.2 cm³/mol. The molecule has 0 N–H and O–H groups in total. The van der Waals surface area contributed by atoms with Crippen molar-refractivity contribution in [3.05, 3.63) is 6.42 Å². The van der Waals surface area contributed by atoms with Crippen LogP contribution in [0.15, 0.2) is 0 Å². The molecule has 12 heavy (non-hydrogen) atoms. The Morgan fingerprint density at radius 3 is 1.92 bits per heavy atom. The molecule has 0 aromatic rings. The molecule has 0 heterocycles. The quantitative estimate of drug-likeness (QED) is 0.554. The molecule has 0 bridgehead atoms. The monoisotopic (exact) mass is 170 g/mol. The maximum atomic E-state index is 2.53. The molecule has 0 atom stereocenters. The molecule has 0 amide bonds. The van der Waals surface area contributed by atoms with Gasteiger partial charge in [0, 0.05) is 12.1 Å². The van der Waals surface area contributed by atoms with Gasteiger partial charge in [0.15, 0.2) is 0 Å². The van der Waals surface area contributed by atoms with Gasteiger partial charge in [-0.15, -0.1) is 0 Å². The van der Waals surface area contributed by atoms with Crippen molar-refractivity contribution in [1.29, 1.82) is 0 Å². The molecule has 0 aliphatic heterocycles. The maximum Gasteiger partial charge on any atom is 0.00412 e. The van der Waals surface area contributed by atoms with Crippen molar-refractivity contribution < 1.29 is 0 Å². The molecule has 0 aromatic carbocycles. The van der Waals surface area contributed by atoms with Crippen molar-refractivity contribution in [2.45, 2.75) is 59.5 Å². The van der Waals surface area contributed by atoms with Gasteiger partial charge >= 0.3 is 0 Å². The smallest absolute Gasteiger partial charge is 0.00412 e. The Hall–Kier alpha value is -0.0400. The number of hydrogen-bond acceptors (Lipinski definition) is 1. The van der Waals surface area contributed by atoms with Crippen LogP contribution in [0.4, 0.5) is 0 Å². The first-order valence-electron chi connectivity index (χ1n) is 5.17. The molecule has 0 rings (SSSR count). The van der Waals surface area contributed by atoms with Crippen molar-refractivity contribution in [2.75, 3.05) is 6.54 Å². The predicted octanol–water partition coefficient (Wildman–Crippen LogP) is 3.11. The first kappa shape index (κ1) is 12.0. The highest BCUT2D eigenvalue weighted by Crippen LogP contribution is 2.06. The number of nitrogens with zero attached hydrogens (tertiary/aromatic N) is 1. The average molecular weight is 170 g/mol. The van der Waals surface area contributed by atoms with E-state index in [1.807, 2.05) is 0 Å². The van der Waals surface area contributed by atoms with Crippen LogP contribution in [0.2, 0.25) is 0 Å². The van der Waals surface area contributed by atoms with E-state index in [-0.39, 0.29) is 0 Å². The summed E-state index contributed by atoms with van der Waals surface area (Å²) in [4.78, 5) is 2.53. The van der Waals surface area contributed by atoms with Crippen molar-refractivity contribution in [3.8, 4) is 0 Å². The molecule has 0 spiro atoms. The number of rotatable bonds is 6. The van der Waals surface area contributed by atoms with Crippen LogP contribution < -0.4 is 0 Å². The highest BCUT2D eigenvalue weighted by atomic mass is 15.2. The second kappa shape index (κ2) is 6.47. The van der Waals surface area contributed by atoms with Crippen LogP contribution >= 0.6 is 0 Å². The normalized spacial score (nSPS) is 12.0. The van der Waals surface area contributed by atoms with E-state index in [1.54, 1.807) is 0 Å². The van der Waals surface area contributed by atoms with Crippen LogP contribution in [0.5, 0.6) is 0 Å². The van der Waals surface area contributed by atoms with Crippen LogP contribution in [0.1, 0.15) is 47.5 Å². The van der Waals surface area contributed by atoms with E-state index in [1.165, 1.54) is 19.4 Å². The van der Waals surface area contributed by atoms with E-state index < -0.39 is 0 Å². The Morgan fingerprint density at radius 2 is 1.58 bits per heavy atom. The fourth-order valence-corrected chi connectivity index (χ4v) is 1.56. The van der Waals surface area contributed by atoms with Crippen LogP contribution in [0.25, 0.3) is 0 Å². The molecule has 0 saturated carbocycles. The van der Waals surface area contributed by atoms with E-state index in [4.69, 9.17) is 0 Å². The van der Waals surface area contributed by atoms with Gasteiger partial charge in [-0.05, 0) is 47.1 Å². The summed E-state index contributed by atoms with van der Waals surface area (Å²) in [6.45, 7) is 12.5. The second-order valence-electron chi connectivity index (χ2n) is 3.91. The van der Waals surface area contributed by atoms with Crippen molar-refractivity contribution in [3.63, 3.8) is 0 Å². The summed E-state index contributed by atoms with van der Waals surface area (Å²) in [6.07, 6.45) is 4.79. The van der Waals surface area contributed by atoms with Crippen LogP contribution in [0.3, 0.4) is 0 Å². The van der Waals surface area contributed by atoms with Gasteiger partial charge in [0.05, 0.1) is 0 Å². The van der Waals surface area contributed by atoms with Gasteiger partial charge in [-0.1, -0.05) is 13.3 Å². The summed E-state index contributed by atoms with van der Waals surface area (Å²) >= 11 is 0. The van der Waals surface area contributed by atoms with E-state index in [0.29, 0.717) is 12.1 Å². The molecular weight excluding hydrogens is 146 g/mol. The first-order valence-corrected chi connectivity index (χ1v) is 5.17. The van der Waals surface area contributed by atoms with Crippen LogP contribution in [-0.4, -0.2) is 23.5 Å². The average Bonchev–Trinajstić information content (AvgIpc) is 1.96. The minimum atomic E-state index is 0.676. The number of unbranched alkanes of at least 4 members (excludes halogenated alkanes) is 2. The lowest BCUT2D eigenvalue weighted by Gasteiger charge is -2.30. The Labute approximate surface area is 78.1 Å². The standard InChI is InChI=1S/C11H24N/c1-6-7-8-9-12(10(2)3)11(4)5/h7,10-11H,6,8-9H2,1-5H3. The Morgan fingerprint density at radius 1 is 1.08 bits per heavy atom. The third-order valence-corrected chi connectivity index (χ3v) is 2.21. The van der Waals surface area contributed by atoms with E-state index in [9.17, 15) is 0 Å². The zero-order valence-corrected chi connectivity index (χ0v) is 9.30. The lowest BCUT2D eigenvalue weighted by molar-refractivity contribution is 0.176.